The first kappa shape index (κ1) is 55.0. The Bertz CT molecular complexity index is 410. The highest BCUT2D eigenvalue weighted by molar-refractivity contribution is 4.90. The van der Waals surface area contributed by atoms with Crippen LogP contribution in [0.5, 0.6) is 0 Å². The van der Waals surface area contributed by atoms with Crippen molar-refractivity contribution in [3.05, 3.63) is 12.2 Å². The Hall–Kier alpha value is -0.460. The molecule has 0 aromatic rings. The smallest absolute Gasteiger partial charge is 0.0594 e. The molecule has 0 spiro atoms. The van der Waals surface area contributed by atoms with Crippen LogP contribution in [0, 0.1) is 0 Å². The molecule has 268 valence electrons. The van der Waals surface area contributed by atoms with E-state index >= 15 is 0 Å². The minimum atomic E-state index is 0. The van der Waals surface area contributed by atoms with Gasteiger partial charge in [0, 0.05) is 26.2 Å². The fourth-order valence-electron chi connectivity index (χ4n) is 4.62. The van der Waals surface area contributed by atoms with Gasteiger partial charge in [-0.05, 0) is 84.5 Å². The van der Waals surface area contributed by atoms with Crippen molar-refractivity contribution in [2.75, 3.05) is 91.8 Å². The van der Waals surface area contributed by atoms with E-state index in [1.54, 1.807) is 0 Å². The van der Waals surface area contributed by atoms with Crippen molar-refractivity contribution in [3.63, 3.8) is 0 Å². The summed E-state index contributed by atoms with van der Waals surface area (Å²) in [6.45, 7) is 41.6. The zero-order valence-electron chi connectivity index (χ0n) is 30.9. The lowest BCUT2D eigenvalue weighted by Crippen LogP contribution is -2.35. The van der Waals surface area contributed by atoms with E-state index in [9.17, 15) is 0 Å². The molecule has 3 saturated heterocycles. The molecule has 0 aliphatic carbocycles. The molecule has 43 heavy (non-hydrogen) atoms. The molecular weight excluding hydrogens is 528 g/mol. The molecule has 0 radical (unpaired) electrons. The predicted molar refractivity (Wildman–Crippen MR) is 204 cm³/mol. The Balaban J connectivity index is -0.0000000969. The van der Waals surface area contributed by atoms with Crippen molar-refractivity contribution in [2.24, 2.45) is 0 Å². The van der Waals surface area contributed by atoms with Gasteiger partial charge in [0.15, 0.2) is 0 Å². The molecule has 4 aliphatic heterocycles. The summed E-state index contributed by atoms with van der Waals surface area (Å²) in [5.74, 6) is 0. The SMILES string of the molecule is C.C.CC.CC.CC.CC.CCN1CC=CCC1.CCN1CCCCC1.CCN1CCCCCC1.CCN1CCOCC1. The summed E-state index contributed by atoms with van der Waals surface area (Å²) >= 11 is 0. The van der Waals surface area contributed by atoms with Crippen molar-refractivity contribution in [1.29, 1.82) is 0 Å². The highest BCUT2D eigenvalue weighted by Crippen LogP contribution is 2.08. The summed E-state index contributed by atoms with van der Waals surface area (Å²) in [4.78, 5) is 9.89. The van der Waals surface area contributed by atoms with Crippen LogP contribution in [0.2, 0.25) is 0 Å². The average Bonchev–Trinajstić information content (AvgIpc) is 3.39. The van der Waals surface area contributed by atoms with E-state index in [0.29, 0.717) is 0 Å². The summed E-state index contributed by atoms with van der Waals surface area (Å²) in [7, 11) is 0. The molecule has 0 aromatic heterocycles. The van der Waals surface area contributed by atoms with Crippen molar-refractivity contribution < 1.29 is 4.74 Å². The number of likely N-dealkylation sites (N-methyl/N-ethyl adjacent to an activating group) is 2. The first-order valence-electron chi connectivity index (χ1n) is 18.4. The average molecular weight is 619 g/mol. The fraction of sp³-hybridized carbons (Fsp3) is 0.947. The van der Waals surface area contributed by atoms with Gasteiger partial charge in [0.25, 0.3) is 0 Å². The number of hydrogen-bond donors (Lipinski definition) is 0. The van der Waals surface area contributed by atoms with Crippen LogP contribution < -0.4 is 0 Å². The van der Waals surface area contributed by atoms with Crippen LogP contribution in [0.4, 0.5) is 0 Å². The Morgan fingerprint density at radius 1 is 0.419 bits per heavy atom. The summed E-state index contributed by atoms with van der Waals surface area (Å²) in [5, 5.41) is 0. The van der Waals surface area contributed by atoms with Crippen LogP contribution in [-0.4, -0.2) is 111 Å². The zero-order valence-corrected chi connectivity index (χ0v) is 30.9. The molecule has 0 aromatic carbocycles. The quantitative estimate of drug-likeness (QED) is 0.292. The van der Waals surface area contributed by atoms with Gasteiger partial charge in [0.05, 0.1) is 13.2 Å². The number of rotatable bonds is 4. The Kier molecular flexibility index (Phi) is 65.4. The van der Waals surface area contributed by atoms with Crippen molar-refractivity contribution in [1.82, 2.24) is 19.6 Å². The van der Waals surface area contributed by atoms with Gasteiger partial charge in [0.1, 0.15) is 0 Å². The summed E-state index contributed by atoms with van der Waals surface area (Å²) in [6.07, 6.45) is 15.8. The first-order valence-corrected chi connectivity index (χ1v) is 18.4. The Morgan fingerprint density at radius 3 is 1.00 bits per heavy atom. The second kappa shape index (κ2) is 51.1. The van der Waals surface area contributed by atoms with Gasteiger partial charge >= 0.3 is 0 Å². The first-order chi connectivity index (χ1) is 20.2. The van der Waals surface area contributed by atoms with E-state index in [4.69, 9.17) is 4.74 Å². The molecule has 0 unspecified atom stereocenters. The van der Waals surface area contributed by atoms with Gasteiger partial charge in [-0.25, -0.2) is 0 Å². The summed E-state index contributed by atoms with van der Waals surface area (Å²) < 4.78 is 5.16. The molecule has 4 heterocycles. The number of piperidine rings is 1. The zero-order chi connectivity index (χ0) is 32.0. The molecule has 0 amide bonds. The van der Waals surface area contributed by atoms with E-state index in [1.165, 1.54) is 110 Å². The van der Waals surface area contributed by atoms with Crippen molar-refractivity contribution >= 4 is 0 Å². The molecular formula is C38H90N4O. The number of hydrogen-bond acceptors (Lipinski definition) is 5. The predicted octanol–water partition coefficient (Wildman–Crippen LogP) is 10.4. The number of ether oxygens (including phenoxy) is 1. The molecule has 0 bridgehead atoms. The van der Waals surface area contributed by atoms with Gasteiger partial charge in [-0.1, -0.05) is 129 Å². The van der Waals surface area contributed by atoms with Crippen LogP contribution in [0.25, 0.3) is 0 Å². The normalized spacial score (nSPS) is 18.3. The van der Waals surface area contributed by atoms with E-state index in [-0.39, 0.29) is 14.9 Å². The van der Waals surface area contributed by atoms with Crippen LogP contribution >= 0.6 is 0 Å². The standard InChI is InChI=1S/C8H17N.C7H15N.C7H13N.C6H13NO.4C2H6.2CH4/c1-2-9-7-5-3-4-6-8-9;2*1-2-8-6-4-3-5-7-8;1-2-7-3-5-8-6-4-7;4*1-2;;/h2-8H2,1H3;2-7H2,1H3;3-4H,2,5-7H2,1H3;2-6H2,1H3;4*1-2H3;2*1H4. The summed E-state index contributed by atoms with van der Waals surface area (Å²) in [6, 6.07) is 0. The molecule has 0 saturated carbocycles. The third kappa shape index (κ3) is 39.5. The lowest BCUT2D eigenvalue weighted by atomic mass is 10.1. The second-order valence-electron chi connectivity index (χ2n) is 9.54. The third-order valence-electron chi connectivity index (χ3n) is 7.18. The van der Waals surface area contributed by atoms with Gasteiger partial charge < -0.3 is 14.5 Å². The van der Waals surface area contributed by atoms with Crippen molar-refractivity contribution in [3.8, 4) is 0 Å². The van der Waals surface area contributed by atoms with Crippen molar-refractivity contribution in [2.45, 2.75) is 149 Å². The lowest BCUT2D eigenvalue weighted by molar-refractivity contribution is 0.0405. The van der Waals surface area contributed by atoms with Crippen LogP contribution in [0.15, 0.2) is 12.2 Å². The molecule has 0 atom stereocenters. The maximum atomic E-state index is 5.16. The lowest BCUT2D eigenvalue weighted by Gasteiger charge is -2.24. The molecule has 4 aliphatic rings. The van der Waals surface area contributed by atoms with E-state index in [0.717, 1.165) is 32.8 Å². The highest BCUT2D eigenvalue weighted by Gasteiger charge is 2.07. The second-order valence-corrected chi connectivity index (χ2v) is 9.54. The molecule has 4 rings (SSSR count). The number of nitrogens with zero attached hydrogens (tertiary/aromatic N) is 4. The van der Waals surface area contributed by atoms with Gasteiger partial charge in [0.2, 0.25) is 0 Å². The maximum absolute atomic E-state index is 5.16. The Labute approximate surface area is 277 Å². The van der Waals surface area contributed by atoms with E-state index in [1.807, 2.05) is 55.4 Å². The molecule has 5 nitrogen and oxygen atoms in total. The molecule has 5 heteroatoms. The van der Waals surface area contributed by atoms with Gasteiger partial charge in [-0.2, -0.15) is 0 Å². The largest absolute Gasteiger partial charge is 0.379 e. The highest BCUT2D eigenvalue weighted by atomic mass is 16.5. The topological polar surface area (TPSA) is 22.2 Å². The summed E-state index contributed by atoms with van der Waals surface area (Å²) in [5.41, 5.74) is 0. The van der Waals surface area contributed by atoms with Crippen LogP contribution in [-0.2, 0) is 4.74 Å². The number of morpholine rings is 1. The van der Waals surface area contributed by atoms with Gasteiger partial charge in [-0.3, -0.25) is 9.80 Å². The third-order valence-corrected chi connectivity index (χ3v) is 7.18. The van der Waals surface area contributed by atoms with Crippen LogP contribution in [0.3, 0.4) is 0 Å². The van der Waals surface area contributed by atoms with E-state index in [2.05, 4.69) is 59.4 Å². The monoisotopic (exact) mass is 619 g/mol. The minimum absolute atomic E-state index is 0. The number of likely N-dealkylation sites (tertiary alicyclic amines) is 2. The minimum Gasteiger partial charge on any atom is -0.379 e. The molecule has 3 fully saturated rings. The van der Waals surface area contributed by atoms with Crippen LogP contribution in [0.1, 0.15) is 149 Å². The maximum Gasteiger partial charge on any atom is 0.0594 e. The van der Waals surface area contributed by atoms with E-state index < -0.39 is 0 Å². The fourth-order valence-corrected chi connectivity index (χ4v) is 4.62. The Morgan fingerprint density at radius 2 is 0.744 bits per heavy atom. The van der Waals surface area contributed by atoms with Gasteiger partial charge in [-0.15, -0.1) is 0 Å². The molecule has 0 N–H and O–H groups in total.